The number of aromatic carboxylic acids is 1. The van der Waals surface area contributed by atoms with Gasteiger partial charge in [-0.25, -0.2) is 14.8 Å². The van der Waals surface area contributed by atoms with Gasteiger partial charge in [-0.2, -0.15) is 0 Å². The topological polar surface area (TPSA) is 75.1 Å². The molecule has 1 aromatic carbocycles. The lowest BCUT2D eigenvalue weighted by Gasteiger charge is -2.10. The van der Waals surface area contributed by atoms with Gasteiger partial charge in [0.05, 0.1) is 16.2 Å². The molecule has 0 aliphatic heterocycles. The van der Waals surface area contributed by atoms with Gasteiger partial charge in [-0.3, -0.25) is 0 Å². The molecule has 0 bridgehead atoms. The van der Waals surface area contributed by atoms with Gasteiger partial charge in [0.15, 0.2) is 5.13 Å². The number of thiazole rings is 1. The highest BCUT2D eigenvalue weighted by molar-refractivity contribution is 9.10. The van der Waals surface area contributed by atoms with Gasteiger partial charge in [0, 0.05) is 20.4 Å². The van der Waals surface area contributed by atoms with Crippen LogP contribution in [0.2, 0.25) is 0 Å². The first kappa shape index (κ1) is 20.3. The van der Waals surface area contributed by atoms with E-state index in [2.05, 4.69) is 37.8 Å². The maximum absolute atomic E-state index is 11.2. The highest BCUT2D eigenvalue weighted by Crippen LogP contribution is 2.36. The first-order valence-corrected chi connectivity index (χ1v) is 10.6. The molecule has 0 unspecified atom stereocenters. The number of nitrogens with zero attached hydrogens (tertiary/aromatic N) is 2. The van der Waals surface area contributed by atoms with Gasteiger partial charge in [-0.05, 0) is 53.2 Å². The Morgan fingerprint density at radius 1 is 1.39 bits per heavy atom. The third kappa shape index (κ3) is 5.09. The number of nitrogens with one attached hydrogen (secondary N) is 1. The molecule has 0 aliphatic carbocycles. The van der Waals surface area contributed by atoms with Gasteiger partial charge < -0.3 is 10.4 Å². The minimum absolute atomic E-state index is 0.247. The Bertz CT molecular complexity index is 1060. The zero-order chi connectivity index (χ0) is 20.1. The van der Waals surface area contributed by atoms with Gasteiger partial charge in [-0.1, -0.05) is 36.6 Å². The molecule has 0 radical (unpaired) electrons. The van der Waals surface area contributed by atoms with Gasteiger partial charge in [0.2, 0.25) is 0 Å². The Kier molecular flexibility index (Phi) is 6.66. The molecule has 8 heteroatoms. The van der Waals surface area contributed by atoms with E-state index in [1.807, 2.05) is 31.2 Å². The summed E-state index contributed by atoms with van der Waals surface area (Å²) >= 11 is 6.42. The van der Waals surface area contributed by atoms with Crippen LogP contribution in [0.1, 0.15) is 20.9 Å². The minimum Gasteiger partial charge on any atom is -0.478 e. The van der Waals surface area contributed by atoms with Crippen LogP contribution < -0.4 is 5.32 Å². The van der Waals surface area contributed by atoms with Crippen LogP contribution in [-0.2, 0) is 0 Å². The molecule has 28 heavy (non-hydrogen) atoms. The smallest absolute Gasteiger partial charge is 0.335 e. The maximum Gasteiger partial charge on any atom is 0.335 e. The number of rotatable bonds is 7. The van der Waals surface area contributed by atoms with Crippen LogP contribution in [0.25, 0.3) is 6.08 Å². The molecule has 0 aliphatic rings. The van der Waals surface area contributed by atoms with Crippen LogP contribution in [0.5, 0.6) is 0 Å². The number of carbonyl (C=O) groups is 1. The summed E-state index contributed by atoms with van der Waals surface area (Å²) in [6, 6.07) is 8.75. The number of allylic oxidation sites excluding steroid dienone is 2. The normalized spacial score (nSPS) is 10.9. The SMILES string of the molecule is C=C/C=C\c1nc(Nc2ncc(Br)cc2Sc2cccc(C(=O)O)c2)sc1C. The number of halogens is 1. The summed E-state index contributed by atoms with van der Waals surface area (Å²) in [4.78, 5) is 23.0. The van der Waals surface area contributed by atoms with Crippen molar-refractivity contribution in [3.63, 3.8) is 0 Å². The fourth-order valence-corrected chi connectivity index (χ4v) is 4.54. The number of hydrogen-bond donors (Lipinski definition) is 2. The summed E-state index contributed by atoms with van der Waals surface area (Å²) in [5.74, 6) is -0.298. The van der Waals surface area contributed by atoms with E-state index in [1.54, 1.807) is 30.5 Å². The van der Waals surface area contributed by atoms with Gasteiger partial charge in [0.25, 0.3) is 0 Å². The molecule has 0 atom stereocenters. The lowest BCUT2D eigenvalue weighted by Crippen LogP contribution is -1.97. The maximum atomic E-state index is 11.2. The highest BCUT2D eigenvalue weighted by atomic mass is 79.9. The second-order valence-corrected chi connectivity index (χ2v) is 8.85. The predicted molar refractivity (Wildman–Crippen MR) is 119 cm³/mol. The van der Waals surface area contributed by atoms with Crippen molar-refractivity contribution in [2.24, 2.45) is 0 Å². The summed E-state index contributed by atoms with van der Waals surface area (Å²) in [6.07, 6.45) is 7.17. The van der Waals surface area contributed by atoms with E-state index in [0.29, 0.717) is 5.82 Å². The van der Waals surface area contributed by atoms with Crippen molar-refractivity contribution in [2.75, 3.05) is 5.32 Å². The number of aryl methyl sites for hydroxylation is 1. The largest absolute Gasteiger partial charge is 0.478 e. The zero-order valence-corrected chi connectivity index (χ0v) is 18.1. The van der Waals surface area contributed by atoms with E-state index in [4.69, 9.17) is 0 Å². The first-order valence-electron chi connectivity index (χ1n) is 8.16. The van der Waals surface area contributed by atoms with Crippen molar-refractivity contribution in [3.05, 3.63) is 75.9 Å². The molecule has 142 valence electrons. The number of hydrogen-bond acceptors (Lipinski definition) is 6. The van der Waals surface area contributed by atoms with E-state index in [1.165, 1.54) is 23.1 Å². The molecule has 3 aromatic rings. The lowest BCUT2D eigenvalue weighted by molar-refractivity contribution is 0.0696. The Morgan fingerprint density at radius 2 is 2.21 bits per heavy atom. The lowest BCUT2D eigenvalue weighted by atomic mass is 10.2. The number of carboxylic acid groups (broad SMARTS) is 1. The Balaban J connectivity index is 1.89. The summed E-state index contributed by atoms with van der Waals surface area (Å²) in [7, 11) is 0. The average molecular weight is 474 g/mol. The third-order valence-corrected chi connectivity index (χ3v) is 5.93. The Hall–Kier alpha value is -2.42. The van der Waals surface area contributed by atoms with Gasteiger partial charge in [-0.15, -0.1) is 11.3 Å². The van der Waals surface area contributed by atoms with Crippen molar-refractivity contribution in [1.82, 2.24) is 9.97 Å². The van der Waals surface area contributed by atoms with Crippen molar-refractivity contribution < 1.29 is 9.90 Å². The van der Waals surface area contributed by atoms with Crippen LogP contribution in [0.15, 0.2) is 69.5 Å². The summed E-state index contributed by atoms with van der Waals surface area (Å²) < 4.78 is 0.833. The fourth-order valence-electron chi connectivity index (χ4n) is 2.29. The van der Waals surface area contributed by atoms with Gasteiger partial charge in [0.1, 0.15) is 5.82 Å². The van der Waals surface area contributed by atoms with Crippen molar-refractivity contribution in [1.29, 1.82) is 0 Å². The number of carboxylic acids is 1. The average Bonchev–Trinajstić information content (AvgIpc) is 3.01. The molecular formula is C20H16BrN3O2S2. The van der Waals surface area contributed by atoms with E-state index < -0.39 is 5.97 Å². The third-order valence-electron chi connectivity index (χ3n) is 3.58. The molecular weight excluding hydrogens is 458 g/mol. The molecule has 2 aromatic heterocycles. The fraction of sp³-hybridized carbons (Fsp3) is 0.0500. The predicted octanol–water partition coefficient (Wildman–Crippen LogP) is 6.40. The second kappa shape index (κ2) is 9.18. The molecule has 5 nitrogen and oxygen atoms in total. The van der Waals surface area contributed by atoms with Crippen LogP contribution in [-0.4, -0.2) is 21.0 Å². The molecule has 2 heterocycles. The van der Waals surface area contributed by atoms with Crippen LogP contribution in [0.4, 0.5) is 10.9 Å². The molecule has 2 N–H and O–H groups in total. The van der Waals surface area contributed by atoms with Crippen LogP contribution in [0, 0.1) is 6.92 Å². The molecule has 0 amide bonds. The standard InChI is InChI=1S/C20H16BrN3O2S2/c1-3-4-8-16-12(2)27-20(23-16)24-18-17(10-14(21)11-22-18)28-15-7-5-6-13(9-15)19(25)26/h3-11H,1H2,2H3,(H,25,26)(H,22,23,24)/b8-4-. The van der Waals surface area contributed by atoms with Gasteiger partial charge >= 0.3 is 5.97 Å². The van der Waals surface area contributed by atoms with Crippen LogP contribution >= 0.6 is 39.0 Å². The number of pyridine rings is 1. The first-order chi connectivity index (χ1) is 13.5. The quantitative estimate of drug-likeness (QED) is 0.386. The molecule has 3 rings (SSSR count). The van der Waals surface area contributed by atoms with Crippen molar-refractivity contribution in [2.45, 2.75) is 16.7 Å². The highest BCUT2D eigenvalue weighted by Gasteiger charge is 2.12. The van der Waals surface area contributed by atoms with Crippen LogP contribution in [0.3, 0.4) is 0 Å². The number of anilines is 2. The minimum atomic E-state index is -0.952. The number of benzene rings is 1. The van der Waals surface area contributed by atoms with E-state index >= 15 is 0 Å². The molecule has 0 fully saturated rings. The molecule has 0 saturated heterocycles. The molecule has 0 spiro atoms. The monoisotopic (exact) mass is 473 g/mol. The summed E-state index contributed by atoms with van der Waals surface area (Å²) in [6.45, 7) is 5.68. The van der Waals surface area contributed by atoms with Crippen molar-refractivity contribution in [3.8, 4) is 0 Å². The zero-order valence-electron chi connectivity index (χ0n) is 14.8. The summed E-state index contributed by atoms with van der Waals surface area (Å²) in [5.41, 5.74) is 1.13. The Morgan fingerprint density at radius 3 is 2.96 bits per heavy atom. The number of aromatic nitrogens is 2. The van der Waals surface area contributed by atoms with E-state index in [0.717, 1.165) is 30.0 Å². The molecule has 0 saturated carbocycles. The van der Waals surface area contributed by atoms with Crippen molar-refractivity contribution >= 4 is 62.0 Å². The summed E-state index contributed by atoms with van der Waals surface area (Å²) in [5, 5.41) is 13.2. The second-order valence-electron chi connectivity index (χ2n) is 5.62. The Labute approximate surface area is 179 Å². The van der Waals surface area contributed by atoms with E-state index in [9.17, 15) is 9.90 Å². The van der Waals surface area contributed by atoms with E-state index in [-0.39, 0.29) is 5.56 Å².